The van der Waals surface area contributed by atoms with E-state index in [9.17, 15) is 14.4 Å². The topological polar surface area (TPSA) is 94.6 Å². The molecule has 0 aliphatic heterocycles. The van der Waals surface area contributed by atoms with Crippen molar-refractivity contribution in [2.75, 3.05) is 18.5 Å². The molecule has 146 valence electrons. The van der Waals surface area contributed by atoms with Gasteiger partial charge in [0.25, 0.3) is 5.91 Å². The highest BCUT2D eigenvalue weighted by Gasteiger charge is 2.23. The van der Waals surface area contributed by atoms with Crippen LogP contribution in [0.1, 0.15) is 55.0 Å². The van der Waals surface area contributed by atoms with Crippen LogP contribution in [0.4, 0.5) is 5.00 Å². The molecule has 0 unspecified atom stereocenters. The van der Waals surface area contributed by atoms with E-state index in [0.717, 1.165) is 21.9 Å². The van der Waals surface area contributed by atoms with E-state index >= 15 is 0 Å². The number of nitrogens with one attached hydrogen (secondary N) is 1. The molecule has 0 bridgehead atoms. The quantitative estimate of drug-likeness (QED) is 0.700. The number of thiophene rings is 1. The van der Waals surface area contributed by atoms with Gasteiger partial charge >= 0.3 is 11.9 Å². The Hall–Kier alpha value is -2.26. The number of carbonyl (C=O) groups is 3. The van der Waals surface area contributed by atoms with Crippen LogP contribution in [0.15, 0.2) is 0 Å². The molecule has 0 radical (unpaired) electrons. The number of amides is 1. The third kappa shape index (κ3) is 4.92. The smallest absolute Gasteiger partial charge is 0.350 e. The standard InChI is InChI=1S/C18H22N2O5S2/c1-6-12-9(3)14(17(22)24-7-2)16(27-12)20-13(21)8-25-18(23)15-10(4)19-11(5)26-15/h6-8H2,1-5H3,(H,20,21). The fourth-order valence-corrected chi connectivity index (χ4v) is 4.48. The number of ether oxygens (including phenoxy) is 2. The zero-order chi connectivity index (χ0) is 20.1. The van der Waals surface area contributed by atoms with Crippen LogP contribution in [0.2, 0.25) is 0 Å². The SMILES string of the molecule is CCOC(=O)c1c(NC(=O)COC(=O)c2sc(C)nc2C)sc(CC)c1C. The van der Waals surface area contributed by atoms with E-state index in [0.29, 0.717) is 21.1 Å². The van der Waals surface area contributed by atoms with E-state index in [-0.39, 0.29) is 6.61 Å². The van der Waals surface area contributed by atoms with Gasteiger partial charge in [0.15, 0.2) is 6.61 Å². The molecule has 1 N–H and O–H groups in total. The number of aryl methyl sites for hydroxylation is 3. The Balaban J connectivity index is 2.08. The zero-order valence-electron chi connectivity index (χ0n) is 15.9. The van der Waals surface area contributed by atoms with Crippen LogP contribution in [0.5, 0.6) is 0 Å². The van der Waals surface area contributed by atoms with Gasteiger partial charge in [0.1, 0.15) is 9.88 Å². The van der Waals surface area contributed by atoms with Crippen LogP contribution in [0.25, 0.3) is 0 Å². The van der Waals surface area contributed by atoms with Gasteiger partial charge in [-0.3, -0.25) is 4.79 Å². The third-order valence-electron chi connectivity index (χ3n) is 3.72. The van der Waals surface area contributed by atoms with E-state index in [1.54, 1.807) is 20.8 Å². The molecule has 27 heavy (non-hydrogen) atoms. The Morgan fingerprint density at radius 3 is 2.30 bits per heavy atom. The first kappa shape index (κ1) is 21.0. The van der Waals surface area contributed by atoms with Crippen molar-refractivity contribution < 1.29 is 23.9 Å². The normalized spacial score (nSPS) is 10.6. The summed E-state index contributed by atoms with van der Waals surface area (Å²) in [4.78, 5) is 42.1. The monoisotopic (exact) mass is 410 g/mol. The summed E-state index contributed by atoms with van der Waals surface area (Å²) in [5.41, 5.74) is 1.73. The molecule has 2 rings (SSSR count). The van der Waals surface area contributed by atoms with Crippen LogP contribution in [-0.4, -0.2) is 36.0 Å². The second kappa shape index (κ2) is 9.09. The van der Waals surface area contributed by atoms with Crippen molar-refractivity contribution in [1.29, 1.82) is 0 Å². The summed E-state index contributed by atoms with van der Waals surface area (Å²) < 4.78 is 10.2. The maximum Gasteiger partial charge on any atom is 0.350 e. The van der Waals surface area contributed by atoms with Gasteiger partial charge in [-0.2, -0.15) is 0 Å². The molecular formula is C18H22N2O5S2. The van der Waals surface area contributed by atoms with Gasteiger partial charge in [0, 0.05) is 4.88 Å². The zero-order valence-corrected chi connectivity index (χ0v) is 17.6. The van der Waals surface area contributed by atoms with Gasteiger partial charge in [-0.05, 0) is 39.7 Å². The van der Waals surface area contributed by atoms with Crippen molar-refractivity contribution in [1.82, 2.24) is 4.98 Å². The lowest BCUT2D eigenvalue weighted by Crippen LogP contribution is -2.21. The Labute approximate surface area is 165 Å². The molecule has 0 fully saturated rings. The number of aromatic nitrogens is 1. The minimum atomic E-state index is -0.588. The third-order valence-corrected chi connectivity index (χ3v) is 6.13. The molecule has 2 aromatic heterocycles. The highest BCUT2D eigenvalue weighted by Crippen LogP contribution is 2.34. The predicted molar refractivity (Wildman–Crippen MR) is 105 cm³/mol. The molecule has 2 aromatic rings. The van der Waals surface area contributed by atoms with E-state index in [4.69, 9.17) is 9.47 Å². The molecule has 0 spiro atoms. The van der Waals surface area contributed by atoms with Crippen LogP contribution >= 0.6 is 22.7 Å². The molecule has 0 aromatic carbocycles. The minimum Gasteiger partial charge on any atom is -0.462 e. The number of nitrogens with zero attached hydrogens (tertiary/aromatic N) is 1. The molecule has 2 heterocycles. The van der Waals surface area contributed by atoms with Crippen LogP contribution in [0.3, 0.4) is 0 Å². The lowest BCUT2D eigenvalue weighted by atomic mass is 10.1. The fourth-order valence-electron chi connectivity index (χ4n) is 2.51. The van der Waals surface area contributed by atoms with Gasteiger partial charge in [-0.15, -0.1) is 22.7 Å². The molecule has 0 saturated heterocycles. The van der Waals surface area contributed by atoms with Crippen molar-refractivity contribution in [2.45, 2.75) is 41.0 Å². The second-order valence-electron chi connectivity index (χ2n) is 5.70. The van der Waals surface area contributed by atoms with Crippen molar-refractivity contribution in [2.24, 2.45) is 0 Å². The van der Waals surface area contributed by atoms with E-state index in [1.165, 1.54) is 22.7 Å². The summed E-state index contributed by atoms with van der Waals surface area (Å²) in [6, 6.07) is 0. The first-order valence-electron chi connectivity index (χ1n) is 8.48. The Morgan fingerprint density at radius 1 is 1.04 bits per heavy atom. The summed E-state index contributed by atoms with van der Waals surface area (Å²) >= 11 is 2.55. The van der Waals surface area contributed by atoms with Gasteiger partial charge in [0.05, 0.1) is 22.9 Å². The first-order valence-corrected chi connectivity index (χ1v) is 10.1. The number of carbonyl (C=O) groups excluding carboxylic acids is 3. The van der Waals surface area contributed by atoms with Crippen LogP contribution in [-0.2, 0) is 20.7 Å². The maximum atomic E-state index is 12.2. The Bertz CT molecular complexity index is 869. The maximum absolute atomic E-state index is 12.2. The number of anilines is 1. The van der Waals surface area contributed by atoms with E-state index in [2.05, 4.69) is 10.3 Å². The molecule has 0 aliphatic carbocycles. The van der Waals surface area contributed by atoms with Gasteiger partial charge < -0.3 is 14.8 Å². The summed E-state index contributed by atoms with van der Waals surface area (Å²) in [6.45, 7) is 8.83. The summed E-state index contributed by atoms with van der Waals surface area (Å²) in [7, 11) is 0. The number of rotatable bonds is 7. The number of hydrogen-bond donors (Lipinski definition) is 1. The molecule has 9 heteroatoms. The van der Waals surface area contributed by atoms with Crippen molar-refractivity contribution in [3.8, 4) is 0 Å². The van der Waals surface area contributed by atoms with Gasteiger partial charge in [-0.1, -0.05) is 6.92 Å². The molecule has 7 nitrogen and oxygen atoms in total. The summed E-state index contributed by atoms with van der Waals surface area (Å²) in [5, 5.41) is 3.83. The molecule has 0 atom stereocenters. The number of hydrogen-bond acceptors (Lipinski definition) is 8. The highest BCUT2D eigenvalue weighted by molar-refractivity contribution is 7.17. The fraction of sp³-hybridized carbons (Fsp3) is 0.444. The Kier molecular flexibility index (Phi) is 7.09. The molecule has 0 aliphatic rings. The minimum absolute atomic E-state index is 0.244. The second-order valence-corrected chi connectivity index (χ2v) is 8.01. The van der Waals surface area contributed by atoms with E-state index in [1.807, 2.05) is 13.8 Å². The van der Waals surface area contributed by atoms with E-state index < -0.39 is 24.5 Å². The first-order chi connectivity index (χ1) is 12.8. The van der Waals surface area contributed by atoms with Crippen LogP contribution in [0, 0.1) is 20.8 Å². The summed E-state index contributed by atoms with van der Waals surface area (Å²) in [6.07, 6.45) is 0.734. The average Bonchev–Trinajstić information content (AvgIpc) is 3.11. The van der Waals surface area contributed by atoms with Crippen LogP contribution < -0.4 is 5.32 Å². The van der Waals surface area contributed by atoms with Crippen molar-refractivity contribution >= 4 is 45.5 Å². The predicted octanol–water partition coefficient (Wildman–Crippen LogP) is 3.66. The largest absolute Gasteiger partial charge is 0.462 e. The summed E-state index contributed by atoms with van der Waals surface area (Å²) in [5.74, 6) is -1.58. The average molecular weight is 411 g/mol. The highest BCUT2D eigenvalue weighted by atomic mass is 32.1. The molecular weight excluding hydrogens is 388 g/mol. The molecule has 1 amide bonds. The van der Waals surface area contributed by atoms with Gasteiger partial charge in [0.2, 0.25) is 0 Å². The lowest BCUT2D eigenvalue weighted by Gasteiger charge is -2.07. The lowest BCUT2D eigenvalue weighted by molar-refractivity contribution is -0.119. The number of thiazole rings is 1. The Morgan fingerprint density at radius 2 is 1.74 bits per heavy atom. The van der Waals surface area contributed by atoms with Gasteiger partial charge in [-0.25, -0.2) is 14.6 Å². The molecule has 0 saturated carbocycles. The van der Waals surface area contributed by atoms with Crippen molar-refractivity contribution in [3.05, 3.63) is 31.6 Å². The van der Waals surface area contributed by atoms with Crippen molar-refractivity contribution in [3.63, 3.8) is 0 Å². The number of esters is 2.